The first-order valence-corrected chi connectivity index (χ1v) is 6.67. The van der Waals surface area contributed by atoms with Crippen LogP contribution < -0.4 is 5.56 Å². The maximum Gasteiger partial charge on any atom is 0.352 e. The molecular formula is C16H14N2O3. The van der Waals surface area contributed by atoms with Gasteiger partial charge in [0.15, 0.2) is 0 Å². The Morgan fingerprint density at radius 2 is 2.10 bits per heavy atom. The van der Waals surface area contributed by atoms with Gasteiger partial charge in [-0.3, -0.25) is 4.79 Å². The van der Waals surface area contributed by atoms with Gasteiger partial charge in [0.05, 0.1) is 0 Å². The number of carboxylic acids is 1. The second-order valence-corrected chi connectivity index (χ2v) is 4.83. The summed E-state index contributed by atoms with van der Waals surface area (Å²) in [5, 5.41) is 10.2. The molecule has 2 aromatic heterocycles. The largest absolute Gasteiger partial charge is 0.477 e. The van der Waals surface area contributed by atoms with Crippen molar-refractivity contribution in [1.82, 2.24) is 9.97 Å². The van der Waals surface area contributed by atoms with Crippen LogP contribution in [0.4, 0.5) is 0 Å². The van der Waals surface area contributed by atoms with E-state index in [1.807, 2.05) is 25.1 Å². The number of carbonyl (C=O) groups is 1. The molecule has 0 aliphatic carbocycles. The molecule has 106 valence electrons. The van der Waals surface area contributed by atoms with Gasteiger partial charge in [-0.2, -0.15) is 0 Å². The van der Waals surface area contributed by atoms with Crippen molar-refractivity contribution >= 4 is 16.9 Å². The summed E-state index contributed by atoms with van der Waals surface area (Å²) in [6.45, 7) is 2.03. The van der Waals surface area contributed by atoms with Crippen molar-refractivity contribution in [3.8, 4) is 11.1 Å². The standard InChI is InChI=1S/C16H14N2O3/c1-2-9-5-6-12-11(8-9)13(14(18-12)16(20)21)10-4-3-7-17-15(10)19/h3-8,18H,2H2,1H3,(H,17,19)(H,20,21). The van der Waals surface area contributed by atoms with Crippen molar-refractivity contribution in [2.45, 2.75) is 13.3 Å². The van der Waals surface area contributed by atoms with Crippen molar-refractivity contribution < 1.29 is 9.90 Å². The zero-order chi connectivity index (χ0) is 15.0. The number of nitrogens with one attached hydrogen (secondary N) is 2. The molecule has 21 heavy (non-hydrogen) atoms. The fourth-order valence-corrected chi connectivity index (χ4v) is 2.52. The minimum Gasteiger partial charge on any atom is -0.477 e. The van der Waals surface area contributed by atoms with Crippen LogP contribution >= 0.6 is 0 Å². The molecule has 0 atom stereocenters. The van der Waals surface area contributed by atoms with E-state index in [9.17, 15) is 14.7 Å². The Kier molecular flexibility index (Phi) is 3.10. The van der Waals surface area contributed by atoms with Crippen LogP contribution in [-0.4, -0.2) is 21.0 Å². The number of benzene rings is 1. The molecule has 0 radical (unpaired) electrons. The summed E-state index contributed by atoms with van der Waals surface area (Å²) in [6.07, 6.45) is 2.37. The van der Waals surface area contributed by atoms with Gasteiger partial charge in [-0.15, -0.1) is 0 Å². The van der Waals surface area contributed by atoms with E-state index in [2.05, 4.69) is 9.97 Å². The van der Waals surface area contributed by atoms with Crippen LogP contribution in [0.3, 0.4) is 0 Å². The number of aromatic amines is 2. The molecule has 3 rings (SSSR count). The molecule has 0 fully saturated rings. The Balaban J connectivity index is 2.43. The van der Waals surface area contributed by atoms with Crippen LogP contribution in [0, 0.1) is 0 Å². The Hall–Kier alpha value is -2.82. The number of carboxylic acid groups (broad SMARTS) is 1. The molecule has 0 unspecified atom stereocenters. The average molecular weight is 282 g/mol. The first-order valence-electron chi connectivity index (χ1n) is 6.67. The van der Waals surface area contributed by atoms with Gasteiger partial charge in [0, 0.05) is 28.2 Å². The third-order valence-electron chi connectivity index (χ3n) is 3.57. The molecule has 3 N–H and O–H groups in total. The third-order valence-corrected chi connectivity index (χ3v) is 3.57. The van der Waals surface area contributed by atoms with E-state index in [1.54, 1.807) is 12.1 Å². The topological polar surface area (TPSA) is 85.9 Å². The van der Waals surface area contributed by atoms with Gasteiger partial charge in [-0.25, -0.2) is 4.79 Å². The van der Waals surface area contributed by atoms with Gasteiger partial charge in [0.25, 0.3) is 5.56 Å². The molecule has 5 heteroatoms. The Labute approximate surface area is 120 Å². The summed E-state index contributed by atoms with van der Waals surface area (Å²) >= 11 is 0. The number of pyridine rings is 1. The molecule has 5 nitrogen and oxygen atoms in total. The van der Waals surface area contributed by atoms with Crippen LogP contribution in [0.25, 0.3) is 22.0 Å². The lowest BCUT2D eigenvalue weighted by molar-refractivity contribution is 0.0692. The molecule has 3 aromatic rings. The van der Waals surface area contributed by atoms with E-state index >= 15 is 0 Å². The normalized spacial score (nSPS) is 10.9. The third kappa shape index (κ3) is 2.12. The van der Waals surface area contributed by atoms with Gasteiger partial charge in [0.2, 0.25) is 0 Å². The molecule has 0 saturated heterocycles. The second kappa shape index (κ2) is 4.94. The first-order chi connectivity index (χ1) is 10.1. The van der Waals surface area contributed by atoms with Crippen molar-refractivity contribution in [2.75, 3.05) is 0 Å². The summed E-state index contributed by atoms with van der Waals surface area (Å²) in [5.74, 6) is -1.08. The number of rotatable bonds is 3. The van der Waals surface area contributed by atoms with Gasteiger partial charge in [-0.05, 0) is 36.2 Å². The van der Waals surface area contributed by atoms with Crippen LogP contribution in [-0.2, 0) is 6.42 Å². The SMILES string of the molecule is CCc1ccc2[nH]c(C(=O)O)c(-c3ccc[nH]c3=O)c2c1. The monoisotopic (exact) mass is 282 g/mol. The minimum atomic E-state index is -1.08. The second-order valence-electron chi connectivity index (χ2n) is 4.83. The predicted octanol–water partition coefficient (Wildman–Crippen LogP) is 2.78. The summed E-state index contributed by atoms with van der Waals surface area (Å²) in [4.78, 5) is 29.0. The highest BCUT2D eigenvalue weighted by Crippen LogP contribution is 2.31. The minimum absolute atomic E-state index is 0.0370. The Morgan fingerprint density at radius 3 is 2.76 bits per heavy atom. The smallest absolute Gasteiger partial charge is 0.352 e. The number of fused-ring (bicyclic) bond motifs is 1. The molecular weight excluding hydrogens is 268 g/mol. The van der Waals surface area contributed by atoms with Gasteiger partial charge < -0.3 is 15.1 Å². The molecule has 0 aliphatic heterocycles. The molecule has 2 heterocycles. The predicted molar refractivity (Wildman–Crippen MR) is 80.7 cm³/mol. The summed E-state index contributed by atoms with van der Waals surface area (Å²) in [5.41, 5.74) is 2.33. The van der Waals surface area contributed by atoms with Crippen molar-refractivity contribution in [3.05, 3.63) is 58.1 Å². The summed E-state index contributed by atoms with van der Waals surface area (Å²) in [6, 6.07) is 9.04. The fraction of sp³-hybridized carbons (Fsp3) is 0.125. The van der Waals surface area contributed by atoms with Crippen molar-refractivity contribution in [2.24, 2.45) is 0 Å². The van der Waals surface area contributed by atoms with E-state index in [0.29, 0.717) is 16.6 Å². The zero-order valence-electron chi connectivity index (χ0n) is 11.4. The number of aromatic nitrogens is 2. The van der Waals surface area contributed by atoms with E-state index in [-0.39, 0.29) is 11.3 Å². The van der Waals surface area contributed by atoms with Gasteiger partial charge >= 0.3 is 5.97 Å². The quantitative estimate of drug-likeness (QED) is 0.690. The zero-order valence-corrected chi connectivity index (χ0v) is 11.4. The van der Waals surface area contributed by atoms with E-state index in [4.69, 9.17) is 0 Å². The molecule has 1 aromatic carbocycles. The highest BCUT2D eigenvalue weighted by Gasteiger charge is 2.20. The van der Waals surface area contributed by atoms with Gasteiger partial charge in [-0.1, -0.05) is 13.0 Å². The number of aromatic carboxylic acids is 1. The summed E-state index contributed by atoms with van der Waals surface area (Å²) in [7, 11) is 0. The Morgan fingerprint density at radius 1 is 1.29 bits per heavy atom. The number of aryl methyl sites for hydroxylation is 1. The van der Waals surface area contributed by atoms with Crippen LogP contribution in [0.2, 0.25) is 0 Å². The van der Waals surface area contributed by atoms with E-state index in [0.717, 1.165) is 17.4 Å². The van der Waals surface area contributed by atoms with Crippen molar-refractivity contribution in [1.29, 1.82) is 0 Å². The van der Waals surface area contributed by atoms with Crippen LogP contribution in [0.1, 0.15) is 23.0 Å². The molecule has 0 bridgehead atoms. The number of hydrogen-bond donors (Lipinski definition) is 3. The molecule has 0 spiro atoms. The maximum absolute atomic E-state index is 12.0. The lowest BCUT2D eigenvalue weighted by Crippen LogP contribution is -2.09. The van der Waals surface area contributed by atoms with Crippen LogP contribution in [0.15, 0.2) is 41.3 Å². The van der Waals surface area contributed by atoms with E-state index in [1.165, 1.54) is 6.20 Å². The molecule has 0 amide bonds. The Bertz CT molecular complexity index is 890. The average Bonchev–Trinajstić information content (AvgIpc) is 2.86. The molecule has 0 aliphatic rings. The van der Waals surface area contributed by atoms with Crippen molar-refractivity contribution in [3.63, 3.8) is 0 Å². The number of hydrogen-bond acceptors (Lipinski definition) is 2. The molecule has 0 saturated carbocycles. The first kappa shape index (κ1) is 13.2. The maximum atomic E-state index is 12.0. The summed E-state index contributed by atoms with van der Waals surface area (Å²) < 4.78 is 0. The number of H-pyrrole nitrogens is 2. The highest BCUT2D eigenvalue weighted by atomic mass is 16.4. The van der Waals surface area contributed by atoms with E-state index < -0.39 is 5.97 Å². The fourth-order valence-electron chi connectivity index (χ4n) is 2.52. The van der Waals surface area contributed by atoms with Crippen LogP contribution in [0.5, 0.6) is 0 Å². The lowest BCUT2D eigenvalue weighted by Gasteiger charge is -2.02. The lowest BCUT2D eigenvalue weighted by atomic mass is 10.0. The van der Waals surface area contributed by atoms with Gasteiger partial charge in [0.1, 0.15) is 5.69 Å². The highest BCUT2D eigenvalue weighted by molar-refractivity contribution is 6.07.